The van der Waals surface area contributed by atoms with Gasteiger partial charge in [-0.1, -0.05) is 100 Å². The van der Waals surface area contributed by atoms with E-state index < -0.39 is 8.07 Å². The molecule has 5 rings (SSSR count). The van der Waals surface area contributed by atoms with Gasteiger partial charge in [0.25, 0.3) is 0 Å². The molecule has 2 aromatic heterocycles. The van der Waals surface area contributed by atoms with Gasteiger partial charge in [0.15, 0.2) is 0 Å². The molecule has 0 atom stereocenters. The lowest BCUT2D eigenvalue weighted by atomic mass is 10.1. The van der Waals surface area contributed by atoms with Crippen molar-refractivity contribution in [3.63, 3.8) is 0 Å². The van der Waals surface area contributed by atoms with E-state index in [2.05, 4.69) is 87.1 Å². The summed E-state index contributed by atoms with van der Waals surface area (Å²) in [5, 5.41) is 0. The van der Waals surface area contributed by atoms with Crippen LogP contribution in [0.4, 0.5) is 0 Å². The Morgan fingerprint density at radius 1 is 0.714 bits per heavy atom. The zero-order valence-corrected chi connectivity index (χ0v) is 31.2. The predicted molar refractivity (Wildman–Crippen MR) is 202 cm³/mol. The molecule has 0 amide bonds. The van der Waals surface area contributed by atoms with E-state index in [1.165, 1.54) is 5.56 Å². The highest BCUT2D eigenvalue weighted by Crippen LogP contribution is 2.34. The number of benzene rings is 3. The molecule has 7 nitrogen and oxygen atoms in total. The van der Waals surface area contributed by atoms with Gasteiger partial charge in [-0.3, -0.25) is 4.90 Å². The number of imidazole rings is 1. The largest absolute Gasteiger partial charge is 0.457 e. The summed E-state index contributed by atoms with van der Waals surface area (Å²) in [5.74, 6) is 3.92. The van der Waals surface area contributed by atoms with E-state index in [-0.39, 0.29) is 6.04 Å². The summed E-state index contributed by atoms with van der Waals surface area (Å²) in [6, 6.07) is 35.4. The molecule has 0 saturated carbocycles. The molecule has 0 fully saturated rings. The molecular formula is C41H52N4O3Si. The lowest BCUT2D eigenvalue weighted by Gasteiger charge is -2.28. The Kier molecular flexibility index (Phi) is 12.4. The van der Waals surface area contributed by atoms with E-state index in [1.807, 2.05) is 72.8 Å². The summed E-state index contributed by atoms with van der Waals surface area (Å²) in [6.07, 6.45) is 0.818. The summed E-state index contributed by atoms with van der Waals surface area (Å²) in [4.78, 5) is 12.9. The number of nitrogens with zero attached hydrogens (tertiary/aromatic N) is 4. The molecule has 0 N–H and O–H groups in total. The summed E-state index contributed by atoms with van der Waals surface area (Å²) in [6.45, 7) is 18.8. The summed E-state index contributed by atoms with van der Waals surface area (Å²) >= 11 is 0. The summed E-state index contributed by atoms with van der Waals surface area (Å²) in [7, 11) is -1.25. The van der Waals surface area contributed by atoms with Gasteiger partial charge in [-0.15, -0.1) is 0 Å². The first-order valence-electron chi connectivity index (χ1n) is 17.5. The van der Waals surface area contributed by atoms with Gasteiger partial charge >= 0.3 is 0 Å². The monoisotopic (exact) mass is 676 g/mol. The van der Waals surface area contributed by atoms with Crippen LogP contribution in [0.2, 0.25) is 25.7 Å². The van der Waals surface area contributed by atoms with E-state index in [0.717, 1.165) is 48.6 Å². The highest BCUT2D eigenvalue weighted by molar-refractivity contribution is 6.76. The first kappa shape index (κ1) is 36.0. The van der Waals surface area contributed by atoms with Gasteiger partial charge in [-0.05, 0) is 55.6 Å². The number of rotatable bonds is 17. The van der Waals surface area contributed by atoms with Crippen molar-refractivity contribution >= 4 is 8.07 Å². The summed E-state index contributed by atoms with van der Waals surface area (Å²) < 4.78 is 21.4. The highest BCUT2D eigenvalue weighted by atomic mass is 28.3. The van der Waals surface area contributed by atoms with E-state index in [0.29, 0.717) is 42.3 Å². The zero-order chi connectivity index (χ0) is 34.8. The Bertz CT molecular complexity index is 1680. The molecule has 5 aromatic rings. The molecule has 8 heteroatoms. The molecule has 0 saturated heterocycles. The molecule has 3 aromatic carbocycles. The second kappa shape index (κ2) is 16.9. The van der Waals surface area contributed by atoms with Crippen molar-refractivity contribution in [3.8, 4) is 34.5 Å². The van der Waals surface area contributed by atoms with E-state index in [9.17, 15) is 0 Å². The Balaban J connectivity index is 1.62. The minimum atomic E-state index is -1.25. The van der Waals surface area contributed by atoms with Crippen LogP contribution in [-0.4, -0.2) is 40.2 Å². The Morgan fingerprint density at radius 3 is 1.92 bits per heavy atom. The quantitative estimate of drug-likeness (QED) is 0.0722. The van der Waals surface area contributed by atoms with Crippen LogP contribution in [0.1, 0.15) is 44.8 Å². The van der Waals surface area contributed by atoms with Crippen molar-refractivity contribution in [2.45, 2.75) is 85.7 Å². The first-order chi connectivity index (χ1) is 23.5. The number of aromatic nitrogens is 3. The van der Waals surface area contributed by atoms with Gasteiger partial charge < -0.3 is 18.8 Å². The minimum Gasteiger partial charge on any atom is -0.457 e. The Morgan fingerprint density at radius 2 is 1.33 bits per heavy atom. The van der Waals surface area contributed by atoms with Crippen molar-refractivity contribution in [1.29, 1.82) is 0 Å². The molecule has 0 aliphatic carbocycles. The average molecular weight is 677 g/mol. The van der Waals surface area contributed by atoms with Gasteiger partial charge in [-0.2, -0.15) is 0 Å². The molecule has 0 unspecified atom stereocenters. The van der Waals surface area contributed by atoms with Gasteiger partial charge in [-0.25, -0.2) is 9.97 Å². The van der Waals surface area contributed by atoms with Gasteiger partial charge in [0.2, 0.25) is 5.88 Å². The molecule has 0 radical (unpaired) electrons. The van der Waals surface area contributed by atoms with E-state index in [4.69, 9.17) is 24.2 Å². The average Bonchev–Trinajstić information content (AvgIpc) is 3.39. The van der Waals surface area contributed by atoms with Crippen LogP contribution in [0, 0.1) is 5.92 Å². The maximum atomic E-state index is 6.44. The number of para-hydroxylation sites is 2. The fourth-order valence-corrected chi connectivity index (χ4v) is 6.25. The van der Waals surface area contributed by atoms with Crippen molar-refractivity contribution in [1.82, 2.24) is 19.4 Å². The number of hydrogen-bond acceptors (Lipinski definition) is 6. The minimum absolute atomic E-state index is 0.287. The maximum Gasteiger partial charge on any atom is 0.223 e. The normalized spacial score (nSPS) is 11.9. The highest BCUT2D eigenvalue weighted by Gasteiger charge is 2.25. The van der Waals surface area contributed by atoms with E-state index >= 15 is 0 Å². The topological polar surface area (TPSA) is 61.6 Å². The van der Waals surface area contributed by atoms with Crippen molar-refractivity contribution < 1.29 is 14.2 Å². The molecule has 258 valence electrons. The number of hydrogen-bond donors (Lipinski definition) is 0. The second-order valence-electron chi connectivity index (χ2n) is 14.5. The van der Waals surface area contributed by atoms with Gasteiger partial charge in [0, 0.05) is 52.4 Å². The second-order valence-corrected chi connectivity index (χ2v) is 20.2. The lowest BCUT2D eigenvalue weighted by molar-refractivity contribution is 0.0797. The van der Waals surface area contributed by atoms with Crippen LogP contribution < -0.4 is 9.47 Å². The van der Waals surface area contributed by atoms with Crippen LogP contribution in [-0.2, 0) is 31.0 Å². The van der Waals surface area contributed by atoms with Crippen LogP contribution in [0.25, 0.3) is 11.4 Å². The first-order valence-corrected chi connectivity index (χ1v) is 21.2. The van der Waals surface area contributed by atoms with Crippen LogP contribution >= 0.6 is 0 Å². The van der Waals surface area contributed by atoms with Crippen LogP contribution in [0.3, 0.4) is 0 Å². The molecular weight excluding hydrogens is 625 g/mol. The van der Waals surface area contributed by atoms with Crippen molar-refractivity contribution in [2.75, 3.05) is 6.61 Å². The van der Waals surface area contributed by atoms with Crippen molar-refractivity contribution in [2.24, 2.45) is 5.92 Å². The van der Waals surface area contributed by atoms with Crippen LogP contribution in [0.15, 0.2) is 103 Å². The van der Waals surface area contributed by atoms with Gasteiger partial charge in [0.1, 0.15) is 35.5 Å². The molecule has 0 spiro atoms. The number of ether oxygens (including phenoxy) is 3. The number of pyridine rings is 1. The third kappa shape index (κ3) is 10.9. The fraction of sp³-hybridized carbons (Fsp3) is 0.366. The lowest BCUT2D eigenvalue weighted by Crippen LogP contribution is -2.31. The molecule has 2 heterocycles. The van der Waals surface area contributed by atoms with Gasteiger partial charge in [0.05, 0.1) is 11.4 Å². The smallest absolute Gasteiger partial charge is 0.223 e. The maximum absolute atomic E-state index is 6.44. The SMILES string of the molecule is CC(C)Cc1nc(-c2cc(Oc3ccccc3)cc(Oc3ccccc3)n2)c(CN(Cc2ccccc2)C(C)C)n1COCC[Si](C)(C)C. The molecule has 0 aliphatic heterocycles. The molecule has 0 aliphatic rings. The zero-order valence-electron chi connectivity index (χ0n) is 30.2. The fourth-order valence-electron chi connectivity index (χ4n) is 5.49. The predicted octanol–water partition coefficient (Wildman–Crippen LogP) is 10.5. The van der Waals surface area contributed by atoms with E-state index in [1.54, 1.807) is 0 Å². The third-order valence-corrected chi connectivity index (χ3v) is 9.94. The third-order valence-electron chi connectivity index (χ3n) is 8.23. The molecule has 0 bridgehead atoms. The summed E-state index contributed by atoms with van der Waals surface area (Å²) in [5.41, 5.74) is 3.86. The van der Waals surface area contributed by atoms with Crippen molar-refractivity contribution in [3.05, 3.63) is 120 Å². The Labute approximate surface area is 293 Å². The standard InChI is InChI=1S/C41H52N4O3Si/c1-31(2)25-39-43-41(37-26-36(47-34-19-13-9-14-20-34)27-40(42-37)48-35-21-15-10-16-22-35)38(45(39)30-46-23-24-49(5,6)7)29-44(32(3)4)28-33-17-11-8-12-18-33/h8-22,26-27,31-32H,23-25,28-30H2,1-7H3. The Hall–Kier alpha value is -4.24. The molecule has 49 heavy (non-hydrogen) atoms. The van der Waals surface area contributed by atoms with Crippen LogP contribution in [0.5, 0.6) is 23.1 Å².